The SMILES string of the molecule is CSc1nc2c(-c3ccccc3)c(-c3ccccc3)c(-c3ccccc3)cc2s1. The second-order valence-corrected chi connectivity index (χ2v) is 8.89. The van der Waals surface area contributed by atoms with Crippen molar-refractivity contribution in [3.8, 4) is 33.4 Å². The van der Waals surface area contributed by atoms with Gasteiger partial charge >= 0.3 is 0 Å². The lowest BCUT2D eigenvalue weighted by Crippen LogP contribution is -1.92. The highest BCUT2D eigenvalue weighted by atomic mass is 32.2. The van der Waals surface area contributed by atoms with Crippen LogP contribution in [0.4, 0.5) is 0 Å². The normalized spacial score (nSPS) is 11.1. The first kappa shape index (κ1) is 18.2. The number of thioether (sulfide) groups is 1. The zero-order chi connectivity index (χ0) is 19.6. The number of thiazole rings is 1. The van der Waals surface area contributed by atoms with Crippen molar-refractivity contribution in [2.75, 3.05) is 6.26 Å². The largest absolute Gasteiger partial charge is 0.229 e. The summed E-state index contributed by atoms with van der Waals surface area (Å²) in [5.74, 6) is 0. The van der Waals surface area contributed by atoms with E-state index in [0.29, 0.717) is 0 Å². The van der Waals surface area contributed by atoms with E-state index in [1.54, 1.807) is 23.1 Å². The summed E-state index contributed by atoms with van der Waals surface area (Å²) in [7, 11) is 0. The molecule has 3 heteroatoms. The van der Waals surface area contributed by atoms with E-state index in [1.165, 1.54) is 38.1 Å². The van der Waals surface area contributed by atoms with Crippen LogP contribution in [0.1, 0.15) is 0 Å². The molecule has 5 rings (SSSR count). The predicted octanol–water partition coefficient (Wildman–Crippen LogP) is 8.02. The molecule has 1 nitrogen and oxygen atoms in total. The summed E-state index contributed by atoms with van der Waals surface area (Å²) in [5.41, 5.74) is 8.43. The number of nitrogens with zero attached hydrogens (tertiary/aromatic N) is 1. The van der Waals surface area contributed by atoms with Crippen LogP contribution in [0.5, 0.6) is 0 Å². The van der Waals surface area contributed by atoms with Crippen LogP contribution in [0.25, 0.3) is 43.6 Å². The molecule has 0 N–H and O–H groups in total. The van der Waals surface area contributed by atoms with Gasteiger partial charge in [-0.2, -0.15) is 0 Å². The van der Waals surface area contributed by atoms with Crippen molar-refractivity contribution < 1.29 is 0 Å². The van der Waals surface area contributed by atoms with Gasteiger partial charge in [0, 0.05) is 5.56 Å². The Morgan fingerprint density at radius 1 is 0.655 bits per heavy atom. The van der Waals surface area contributed by atoms with Gasteiger partial charge in [-0.25, -0.2) is 4.98 Å². The highest BCUT2D eigenvalue weighted by Gasteiger charge is 2.20. The first-order valence-electron chi connectivity index (χ1n) is 9.53. The maximum Gasteiger partial charge on any atom is 0.150 e. The molecule has 0 fully saturated rings. The number of hydrogen-bond donors (Lipinski definition) is 0. The van der Waals surface area contributed by atoms with Crippen molar-refractivity contribution in [3.05, 3.63) is 97.1 Å². The van der Waals surface area contributed by atoms with E-state index in [4.69, 9.17) is 4.98 Å². The van der Waals surface area contributed by atoms with E-state index in [-0.39, 0.29) is 0 Å². The van der Waals surface area contributed by atoms with Gasteiger partial charge in [0.1, 0.15) is 0 Å². The fourth-order valence-electron chi connectivity index (χ4n) is 3.77. The lowest BCUT2D eigenvalue weighted by molar-refractivity contribution is 1.31. The standard InChI is InChI=1S/C26H19NS2/c1-28-26-27-25-22(29-26)17-21(18-11-5-2-6-12-18)23(19-13-7-3-8-14-19)24(25)20-15-9-4-10-16-20/h2-17H,1H3. The van der Waals surface area contributed by atoms with Crippen LogP contribution in [0.2, 0.25) is 0 Å². The molecule has 29 heavy (non-hydrogen) atoms. The summed E-state index contributed by atoms with van der Waals surface area (Å²) in [6.45, 7) is 0. The maximum absolute atomic E-state index is 5.01. The van der Waals surface area contributed by atoms with Crippen molar-refractivity contribution >= 4 is 33.3 Å². The molecular weight excluding hydrogens is 390 g/mol. The zero-order valence-corrected chi connectivity index (χ0v) is 17.6. The zero-order valence-electron chi connectivity index (χ0n) is 16.0. The molecule has 0 aliphatic carbocycles. The Morgan fingerprint density at radius 2 is 1.17 bits per heavy atom. The Morgan fingerprint density at radius 3 is 1.72 bits per heavy atom. The van der Waals surface area contributed by atoms with Crippen LogP contribution in [-0.2, 0) is 0 Å². The van der Waals surface area contributed by atoms with Gasteiger partial charge < -0.3 is 0 Å². The smallest absolute Gasteiger partial charge is 0.150 e. The minimum absolute atomic E-state index is 1.09. The Bertz CT molecular complexity index is 1260. The van der Waals surface area contributed by atoms with Crippen LogP contribution < -0.4 is 0 Å². The summed E-state index contributed by atoms with van der Waals surface area (Å²) in [5, 5.41) is 0. The van der Waals surface area contributed by atoms with Crippen LogP contribution >= 0.6 is 23.1 Å². The molecule has 140 valence electrons. The highest BCUT2D eigenvalue weighted by Crippen LogP contribution is 2.46. The molecule has 0 saturated carbocycles. The lowest BCUT2D eigenvalue weighted by atomic mass is 9.87. The summed E-state index contributed by atoms with van der Waals surface area (Å²) >= 11 is 3.48. The van der Waals surface area contributed by atoms with Gasteiger partial charge in [-0.15, -0.1) is 11.3 Å². The minimum atomic E-state index is 1.09. The average Bonchev–Trinajstić information content (AvgIpc) is 3.22. The molecule has 0 aliphatic heterocycles. The summed E-state index contributed by atoms with van der Waals surface area (Å²) < 4.78 is 2.33. The van der Waals surface area contributed by atoms with E-state index in [9.17, 15) is 0 Å². The number of rotatable bonds is 4. The predicted molar refractivity (Wildman–Crippen MR) is 128 cm³/mol. The van der Waals surface area contributed by atoms with Gasteiger partial charge in [-0.1, -0.05) is 103 Å². The molecule has 4 aromatic carbocycles. The number of hydrogen-bond acceptors (Lipinski definition) is 3. The average molecular weight is 410 g/mol. The van der Waals surface area contributed by atoms with E-state index in [0.717, 1.165) is 9.86 Å². The van der Waals surface area contributed by atoms with Crippen molar-refractivity contribution in [3.63, 3.8) is 0 Å². The van der Waals surface area contributed by atoms with E-state index < -0.39 is 0 Å². The molecule has 5 aromatic rings. The molecule has 0 atom stereocenters. The molecule has 0 bridgehead atoms. The van der Waals surface area contributed by atoms with Gasteiger partial charge in [0.15, 0.2) is 4.34 Å². The second-order valence-electron chi connectivity index (χ2n) is 6.80. The maximum atomic E-state index is 5.01. The van der Waals surface area contributed by atoms with E-state index in [1.807, 2.05) is 0 Å². The van der Waals surface area contributed by atoms with Crippen molar-refractivity contribution in [1.29, 1.82) is 0 Å². The molecular formula is C26H19NS2. The number of benzene rings is 4. The Hall–Kier alpha value is -2.88. The fourth-order valence-corrected chi connectivity index (χ4v) is 5.30. The van der Waals surface area contributed by atoms with Crippen LogP contribution in [0.15, 0.2) is 101 Å². The van der Waals surface area contributed by atoms with Gasteiger partial charge in [0.05, 0.1) is 10.2 Å². The monoisotopic (exact) mass is 409 g/mol. The Labute approximate surface area is 179 Å². The summed E-state index contributed by atoms with van der Waals surface area (Å²) in [6.07, 6.45) is 2.09. The Balaban J connectivity index is 1.96. The quantitative estimate of drug-likeness (QED) is 0.279. The molecule has 1 heterocycles. The third-order valence-electron chi connectivity index (χ3n) is 5.05. The topological polar surface area (TPSA) is 12.9 Å². The fraction of sp³-hybridized carbons (Fsp3) is 0.0385. The van der Waals surface area contributed by atoms with Crippen molar-refractivity contribution in [2.45, 2.75) is 4.34 Å². The summed E-state index contributed by atoms with van der Waals surface area (Å²) in [4.78, 5) is 5.01. The number of fused-ring (bicyclic) bond motifs is 1. The molecule has 0 spiro atoms. The van der Waals surface area contributed by atoms with Gasteiger partial charge in [-0.3, -0.25) is 0 Å². The molecule has 0 radical (unpaired) electrons. The van der Waals surface area contributed by atoms with Gasteiger partial charge in [-0.05, 0) is 40.1 Å². The van der Waals surface area contributed by atoms with E-state index >= 15 is 0 Å². The molecule has 0 unspecified atom stereocenters. The van der Waals surface area contributed by atoms with Gasteiger partial charge in [0.25, 0.3) is 0 Å². The Kier molecular flexibility index (Phi) is 4.92. The van der Waals surface area contributed by atoms with Crippen molar-refractivity contribution in [2.24, 2.45) is 0 Å². The molecule has 0 aliphatic rings. The van der Waals surface area contributed by atoms with Crippen LogP contribution in [0.3, 0.4) is 0 Å². The third kappa shape index (κ3) is 3.37. The minimum Gasteiger partial charge on any atom is -0.229 e. The van der Waals surface area contributed by atoms with Crippen molar-refractivity contribution in [1.82, 2.24) is 4.98 Å². The first-order chi connectivity index (χ1) is 14.3. The molecule has 0 saturated heterocycles. The third-order valence-corrected chi connectivity index (χ3v) is 7.04. The molecule has 0 amide bonds. The summed E-state index contributed by atoms with van der Waals surface area (Å²) in [6, 6.07) is 34.3. The van der Waals surface area contributed by atoms with Gasteiger partial charge in [0.2, 0.25) is 0 Å². The van der Waals surface area contributed by atoms with E-state index in [2.05, 4.69) is 103 Å². The lowest BCUT2D eigenvalue weighted by Gasteiger charge is -2.17. The second kappa shape index (κ2) is 7.86. The van der Waals surface area contributed by atoms with Crippen LogP contribution in [0, 0.1) is 0 Å². The van der Waals surface area contributed by atoms with Crippen LogP contribution in [-0.4, -0.2) is 11.2 Å². The molecule has 1 aromatic heterocycles. The highest BCUT2D eigenvalue weighted by molar-refractivity contribution is 8.00. The first-order valence-corrected chi connectivity index (χ1v) is 11.6. The number of aromatic nitrogens is 1.